The van der Waals surface area contributed by atoms with Gasteiger partial charge in [-0.25, -0.2) is 4.98 Å². The molecule has 6 heteroatoms. The van der Waals surface area contributed by atoms with E-state index in [1.54, 1.807) is 35.9 Å². The minimum atomic E-state index is 0.227. The second kappa shape index (κ2) is 5.18. The molecule has 0 amide bonds. The maximum atomic E-state index is 11.3. The quantitative estimate of drug-likeness (QED) is 0.675. The SMILES string of the molecule is COc1ccc(Cl)cc1-c1nc2cc(C)ccn2c1N=O. The summed E-state index contributed by atoms with van der Waals surface area (Å²) in [5, 5.41) is 3.66. The second-order valence-corrected chi connectivity index (χ2v) is 5.09. The Balaban J connectivity index is 2.34. The van der Waals surface area contributed by atoms with E-state index in [9.17, 15) is 4.91 Å². The van der Waals surface area contributed by atoms with Gasteiger partial charge < -0.3 is 4.74 Å². The van der Waals surface area contributed by atoms with Crippen molar-refractivity contribution in [2.45, 2.75) is 6.92 Å². The number of aromatic nitrogens is 2. The fraction of sp³-hybridized carbons (Fsp3) is 0.133. The van der Waals surface area contributed by atoms with Crippen molar-refractivity contribution in [1.29, 1.82) is 0 Å². The number of halogens is 1. The van der Waals surface area contributed by atoms with Crippen LogP contribution < -0.4 is 4.74 Å². The van der Waals surface area contributed by atoms with E-state index in [1.807, 2.05) is 19.1 Å². The number of hydrogen-bond donors (Lipinski definition) is 0. The van der Waals surface area contributed by atoms with Crippen LogP contribution in [0.1, 0.15) is 5.56 Å². The van der Waals surface area contributed by atoms with Crippen molar-refractivity contribution in [3.63, 3.8) is 0 Å². The van der Waals surface area contributed by atoms with Gasteiger partial charge in [0.1, 0.15) is 17.1 Å². The van der Waals surface area contributed by atoms with Crippen LogP contribution in [-0.4, -0.2) is 16.5 Å². The highest BCUT2D eigenvalue weighted by molar-refractivity contribution is 6.31. The largest absolute Gasteiger partial charge is 0.496 e. The molecule has 0 atom stereocenters. The lowest BCUT2D eigenvalue weighted by Crippen LogP contribution is -1.88. The Morgan fingerprint density at radius 1 is 1.29 bits per heavy atom. The summed E-state index contributed by atoms with van der Waals surface area (Å²) in [5.41, 5.74) is 2.80. The van der Waals surface area contributed by atoms with E-state index in [-0.39, 0.29) is 5.82 Å². The number of aryl methyl sites for hydroxylation is 1. The molecule has 2 heterocycles. The number of methoxy groups -OCH3 is 1. The fourth-order valence-corrected chi connectivity index (χ4v) is 2.44. The summed E-state index contributed by atoms with van der Waals surface area (Å²) in [6, 6.07) is 8.95. The van der Waals surface area contributed by atoms with Gasteiger partial charge in [-0.3, -0.25) is 4.40 Å². The molecule has 0 saturated heterocycles. The smallest absolute Gasteiger partial charge is 0.209 e. The average Bonchev–Trinajstić information content (AvgIpc) is 2.84. The van der Waals surface area contributed by atoms with Gasteiger partial charge in [0.15, 0.2) is 0 Å². The van der Waals surface area contributed by atoms with Gasteiger partial charge in [-0.2, -0.15) is 0 Å². The predicted octanol–water partition coefficient (Wildman–Crippen LogP) is 4.37. The molecule has 0 N–H and O–H groups in total. The average molecular weight is 302 g/mol. The molecule has 0 aliphatic carbocycles. The van der Waals surface area contributed by atoms with Crippen LogP contribution in [0.3, 0.4) is 0 Å². The highest BCUT2D eigenvalue weighted by Crippen LogP contribution is 2.38. The van der Waals surface area contributed by atoms with Gasteiger partial charge in [-0.05, 0) is 48.0 Å². The van der Waals surface area contributed by atoms with Crippen LogP contribution in [-0.2, 0) is 0 Å². The third kappa shape index (κ3) is 2.25. The standard InChI is InChI=1S/C15H12ClN3O2/c1-9-5-6-19-13(7-9)17-14(15(19)18-20)11-8-10(16)3-4-12(11)21-2/h3-8H,1-2H3. The second-order valence-electron chi connectivity index (χ2n) is 4.65. The van der Waals surface area contributed by atoms with Gasteiger partial charge in [0.2, 0.25) is 5.82 Å². The van der Waals surface area contributed by atoms with E-state index in [2.05, 4.69) is 10.2 Å². The number of pyridine rings is 1. The number of nitroso groups, excluding NO2 is 1. The summed E-state index contributed by atoms with van der Waals surface area (Å²) >= 11 is 6.04. The van der Waals surface area contributed by atoms with Gasteiger partial charge in [-0.1, -0.05) is 11.6 Å². The van der Waals surface area contributed by atoms with Crippen molar-refractivity contribution in [2.24, 2.45) is 5.18 Å². The van der Waals surface area contributed by atoms with Crippen molar-refractivity contribution in [3.05, 3.63) is 52.0 Å². The van der Waals surface area contributed by atoms with Crippen molar-refractivity contribution in [3.8, 4) is 17.0 Å². The number of fused-ring (bicyclic) bond motifs is 1. The molecule has 0 aliphatic rings. The number of benzene rings is 1. The molecule has 0 unspecified atom stereocenters. The Labute approximate surface area is 126 Å². The van der Waals surface area contributed by atoms with E-state index in [1.165, 1.54) is 0 Å². The molecule has 0 bridgehead atoms. The fourth-order valence-electron chi connectivity index (χ4n) is 2.27. The van der Waals surface area contributed by atoms with Gasteiger partial charge in [-0.15, -0.1) is 4.91 Å². The number of ether oxygens (including phenoxy) is 1. The molecule has 0 fully saturated rings. The summed E-state index contributed by atoms with van der Waals surface area (Å²) in [4.78, 5) is 15.8. The molecule has 3 aromatic rings. The van der Waals surface area contributed by atoms with Crippen LogP contribution in [0.5, 0.6) is 5.75 Å². The van der Waals surface area contributed by atoms with Crippen LogP contribution in [0, 0.1) is 11.8 Å². The minimum absolute atomic E-state index is 0.227. The molecule has 3 rings (SSSR count). The predicted molar refractivity (Wildman–Crippen MR) is 82.4 cm³/mol. The van der Waals surface area contributed by atoms with E-state index < -0.39 is 0 Å². The van der Waals surface area contributed by atoms with Crippen LogP contribution in [0.4, 0.5) is 5.82 Å². The molecule has 21 heavy (non-hydrogen) atoms. The number of rotatable bonds is 3. The highest BCUT2D eigenvalue weighted by Gasteiger charge is 2.18. The molecular weight excluding hydrogens is 290 g/mol. The summed E-state index contributed by atoms with van der Waals surface area (Å²) in [5.74, 6) is 0.815. The zero-order valence-corrected chi connectivity index (χ0v) is 12.3. The van der Waals surface area contributed by atoms with Crippen molar-refractivity contribution < 1.29 is 4.74 Å². The number of nitrogens with zero attached hydrogens (tertiary/aromatic N) is 3. The monoisotopic (exact) mass is 301 g/mol. The lowest BCUT2D eigenvalue weighted by atomic mass is 10.1. The van der Waals surface area contributed by atoms with Crippen LogP contribution in [0.15, 0.2) is 41.7 Å². The van der Waals surface area contributed by atoms with Crippen molar-refractivity contribution in [1.82, 2.24) is 9.38 Å². The summed E-state index contributed by atoms with van der Waals surface area (Å²) in [6.07, 6.45) is 1.77. The Hall–Kier alpha value is -2.40. The van der Waals surface area contributed by atoms with Gasteiger partial charge >= 0.3 is 0 Å². The first-order valence-electron chi connectivity index (χ1n) is 6.30. The zero-order valence-electron chi connectivity index (χ0n) is 11.5. The third-order valence-electron chi connectivity index (χ3n) is 3.26. The lowest BCUT2D eigenvalue weighted by Gasteiger charge is -2.06. The highest BCUT2D eigenvalue weighted by atomic mass is 35.5. The topological polar surface area (TPSA) is 56.0 Å². The minimum Gasteiger partial charge on any atom is -0.496 e. The van der Waals surface area contributed by atoms with Gasteiger partial charge in [0.05, 0.1) is 7.11 Å². The number of imidazole rings is 1. The first-order valence-corrected chi connectivity index (χ1v) is 6.68. The normalized spacial score (nSPS) is 10.8. The van der Waals surface area contributed by atoms with E-state index in [0.717, 1.165) is 5.56 Å². The van der Waals surface area contributed by atoms with E-state index in [0.29, 0.717) is 27.7 Å². The maximum Gasteiger partial charge on any atom is 0.209 e. The molecule has 0 radical (unpaired) electrons. The summed E-state index contributed by atoms with van der Waals surface area (Å²) < 4.78 is 6.97. The zero-order chi connectivity index (χ0) is 15.0. The maximum absolute atomic E-state index is 11.3. The van der Waals surface area contributed by atoms with Crippen molar-refractivity contribution in [2.75, 3.05) is 7.11 Å². The first kappa shape index (κ1) is 13.6. The van der Waals surface area contributed by atoms with Gasteiger partial charge in [0.25, 0.3) is 0 Å². The van der Waals surface area contributed by atoms with Crippen LogP contribution in [0.2, 0.25) is 5.02 Å². The van der Waals surface area contributed by atoms with Crippen LogP contribution in [0.25, 0.3) is 16.9 Å². The van der Waals surface area contributed by atoms with Gasteiger partial charge in [0, 0.05) is 16.8 Å². The molecule has 0 saturated carbocycles. The van der Waals surface area contributed by atoms with Crippen LogP contribution >= 0.6 is 11.6 Å². The molecule has 0 spiro atoms. The summed E-state index contributed by atoms with van der Waals surface area (Å²) in [7, 11) is 1.56. The molecule has 106 valence electrons. The Bertz CT molecular complexity index is 842. The Kier molecular flexibility index (Phi) is 3.35. The van der Waals surface area contributed by atoms with E-state index in [4.69, 9.17) is 16.3 Å². The summed E-state index contributed by atoms with van der Waals surface area (Å²) in [6.45, 7) is 1.96. The number of hydrogen-bond acceptors (Lipinski definition) is 4. The van der Waals surface area contributed by atoms with E-state index >= 15 is 0 Å². The lowest BCUT2D eigenvalue weighted by molar-refractivity contribution is 0.416. The molecule has 0 aliphatic heterocycles. The molecule has 5 nitrogen and oxygen atoms in total. The first-order chi connectivity index (χ1) is 10.1. The Morgan fingerprint density at radius 3 is 2.81 bits per heavy atom. The third-order valence-corrected chi connectivity index (χ3v) is 3.49. The molecule has 2 aromatic heterocycles. The molecular formula is C15H12ClN3O2. The Morgan fingerprint density at radius 2 is 2.10 bits per heavy atom. The van der Waals surface area contributed by atoms with Crippen molar-refractivity contribution >= 4 is 23.1 Å². The molecule has 1 aromatic carbocycles.